The Morgan fingerprint density at radius 1 is 1.58 bits per heavy atom. The lowest BCUT2D eigenvalue weighted by molar-refractivity contribution is -0.143. The first-order chi connectivity index (χ1) is 8.78. The Hall–Kier alpha value is -1.28. The van der Waals surface area contributed by atoms with Crippen molar-refractivity contribution >= 4 is 17.3 Å². The van der Waals surface area contributed by atoms with Gasteiger partial charge in [0.05, 0.1) is 18.5 Å². The van der Waals surface area contributed by atoms with E-state index in [-0.39, 0.29) is 28.0 Å². The first-order valence-corrected chi connectivity index (χ1v) is 5.86. The molecule has 1 atom stereocenters. The molecule has 2 N–H and O–H groups in total. The van der Waals surface area contributed by atoms with E-state index in [0.29, 0.717) is 6.42 Å². The zero-order valence-electron chi connectivity index (χ0n) is 10.0. The number of aromatic nitrogens is 2. The summed E-state index contributed by atoms with van der Waals surface area (Å²) in [6.07, 6.45) is -2.96. The van der Waals surface area contributed by atoms with Gasteiger partial charge in [-0.05, 0) is 6.42 Å². The van der Waals surface area contributed by atoms with Crippen LogP contribution in [0, 0.1) is 0 Å². The molecule has 108 valence electrons. The lowest BCUT2D eigenvalue weighted by Gasteiger charge is -2.17. The van der Waals surface area contributed by atoms with Gasteiger partial charge in [0.2, 0.25) is 0 Å². The van der Waals surface area contributed by atoms with Crippen molar-refractivity contribution in [2.24, 2.45) is 0 Å². The normalized spacial score (nSPS) is 13.4. The Labute approximate surface area is 112 Å². The van der Waals surface area contributed by atoms with Crippen LogP contribution in [0.2, 0.25) is 5.02 Å². The van der Waals surface area contributed by atoms with Crippen molar-refractivity contribution in [3.05, 3.63) is 21.6 Å². The Kier molecular flexibility index (Phi) is 5.19. The summed E-state index contributed by atoms with van der Waals surface area (Å²) in [6, 6.07) is -0.350. The van der Waals surface area contributed by atoms with Crippen LogP contribution in [-0.2, 0) is 6.54 Å². The number of aliphatic hydroxyl groups excluding tert-OH is 1. The molecule has 5 nitrogen and oxygen atoms in total. The van der Waals surface area contributed by atoms with E-state index in [2.05, 4.69) is 10.4 Å². The average molecular weight is 300 g/mol. The summed E-state index contributed by atoms with van der Waals surface area (Å²) in [5.74, 6) is 0. The van der Waals surface area contributed by atoms with Crippen LogP contribution in [0.25, 0.3) is 0 Å². The molecule has 1 aromatic rings. The zero-order chi connectivity index (χ0) is 14.6. The smallest absolute Gasteiger partial charge is 0.394 e. The second kappa shape index (κ2) is 6.25. The lowest BCUT2D eigenvalue weighted by atomic mass is 10.2. The fraction of sp³-hybridized carbons (Fsp3) is 0.600. The third-order valence-corrected chi connectivity index (χ3v) is 2.75. The molecule has 0 fully saturated rings. The summed E-state index contributed by atoms with van der Waals surface area (Å²) in [6.45, 7) is 0.0988. The van der Waals surface area contributed by atoms with Crippen LogP contribution in [-0.4, -0.2) is 33.7 Å². The largest absolute Gasteiger partial charge is 0.408 e. The number of halogens is 4. The fourth-order valence-corrected chi connectivity index (χ4v) is 1.55. The molecule has 1 heterocycles. The standard InChI is InChI=1S/C10H13ClF3N3O2/c1-2-6(4-18)16-7-3-15-17(5-10(12,13)14)9(19)8(7)11/h3,6,16,18H,2,4-5H2,1H3. The predicted octanol–water partition coefficient (Wildman–Crippen LogP) is 1.64. The molecule has 0 aliphatic heterocycles. The minimum Gasteiger partial charge on any atom is -0.394 e. The van der Waals surface area contributed by atoms with Crippen LogP contribution in [0.15, 0.2) is 11.0 Å². The van der Waals surface area contributed by atoms with Gasteiger partial charge in [-0.3, -0.25) is 4.79 Å². The van der Waals surface area contributed by atoms with Gasteiger partial charge in [-0.1, -0.05) is 18.5 Å². The highest BCUT2D eigenvalue weighted by atomic mass is 35.5. The van der Waals surface area contributed by atoms with Crippen molar-refractivity contribution in [1.29, 1.82) is 0 Å². The molecule has 0 saturated heterocycles. The first-order valence-electron chi connectivity index (χ1n) is 5.48. The molecular weight excluding hydrogens is 287 g/mol. The molecule has 0 bridgehead atoms. The maximum Gasteiger partial charge on any atom is 0.408 e. The maximum absolute atomic E-state index is 12.2. The van der Waals surface area contributed by atoms with Gasteiger partial charge in [-0.2, -0.15) is 18.3 Å². The monoisotopic (exact) mass is 299 g/mol. The minimum absolute atomic E-state index is 0.103. The number of aliphatic hydroxyl groups is 1. The van der Waals surface area contributed by atoms with Crippen LogP contribution < -0.4 is 10.9 Å². The van der Waals surface area contributed by atoms with Gasteiger partial charge in [0, 0.05) is 6.04 Å². The fourth-order valence-electron chi connectivity index (χ4n) is 1.34. The number of hydrogen-bond donors (Lipinski definition) is 2. The minimum atomic E-state index is -4.55. The molecule has 0 amide bonds. The molecule has 1 rings (SSSR count). The molecule has 0 aromatic carbocycles. The van der Waals surface area contributed by atoms with Crippen molar-refractivity contribution in [3.8, 4) is 0 Å². The lowest BCUT2D eigenvalue weighted by Crippen LogP contribution is -2.32. The topological polar surface area (TPSA) is 67.2 Å². The quantitative estimate of drug-likeness (QED) is 0.867. The molecule has 0 radical (unpaired) electrons. The van der Waals surface area contributed by atoms with E-state index in [9.17, 15) is 18.0 Å². The second-order valence-electron chi connectivity index (χ2n) is 3.88. The molecule has 0 spiro atoms. The van der Waals surface area contributed by atoms with E-state index in [1.54, 1.807) is 6.92 Å². The van der Waals surface area contributed by atoms with Crippen LogP contribution >= 0.6 is 11.6 Å². The van der Waals surface area contributed by atoms with Crippen molar-refractivity contribution in [1.82, 2.24) is 9.78 Å². The average Bonchev–Trinajstić information content (AvgIpc) is 2.33. The highest BCUT2D eigenvalue weighted by molar-refractivity contribution is 6.32. The Bertz CT molecular complexity index is 486. The van der Waals surface area contributed by atoms with Gasteiger partial charge in [-0.15, -0.1) is 0 Å². The van der Waals surface area contributed by atoms with Crippen LogP contribution in [0.3, 0.4) is 0 Å². The number of rotatable bonds is 5. The third-order valence-electron chi connectivity index (χ3n) is 2.39. The summed E-state index contributed by atoms with van der Waals surface area (Å²) in [7, 11) is 0. The van der Waals surface area contributed by atoms with E-state index in [1.165, 1.54) is 0 Å². The summed E-state index contributed by atoms with van der Waals surface area (Å²) in [5, 5.41) is 14.8. The first kappa shape index (κ1) is 15.8. The summed E-state index contributed by atoms with van der Waals surface area (Å²) in [4.78, 5) is 11.6. The number of anilines is 1. The molecule has 9 heteroatoms. The molecule has 0 saturated carbocycles. The van der Waals surface area contributed by atoms with Crippen molar-refractivity contribution < 1.29 is 18.3 Å². The van der Waals surface area contributed by atoms with E-state index >= 15 is 0 Å². The third kappa shape index (κ3) is 4.39. The van der Waals surface area contributed by atoms with Gasteiger partial charge in [0.25, 0.3) is 5.56 Å². The zero-order valence-corrected chi connectivity index (χ0v) is 10.8. The van der Waals surface area contributed by atoms with Gasteiger partial charge in [-0.25, -0.2) is 4.68 Å². The van der Waals surface area contributed by atoms with Gasteiger partial charge >= 0.3 is 6.18 Å². The number of alkyl halides is 3. The van der Waals surface area contributed by atoms with Crippen molar-refractivity contribution in [2.75, 3.05) is 11.9 Å². The Morgan fingerprint density at radius 2 is 2.21 bits per heavy atom. The molecule has 0 aliphatic carbocycles. The molecule has 19 heavy (non-hydrogen) atoms. The van der Waals surface area contributed by atoms with Gasteiger partial charge in [0.1, 0.15) is 11.6 Å². The van der Waals surface area contributed by atoms with Gasteiger partial charge < -0.3 is 10.4 Å². The van der Waals surface area contributed by atoms with Crippen molar-refractivity contribution in [2.45, 2.75) is 32.1 Å². The van der Waals surface area contributed by atoms with Crippen molar-refractivity contribution in [3.63, 3.8) is 0 Å². The Balaban J connectivity index is 3.01. The molecule has 1 aromatic heterocycles. The Morgan fingerprint density at radius 3 is 2.68 bits per heavy atom. The molecule has 0 aliphatic rings. The second-order valence-corrected chi connectivity index (χ2v) is 4.26. The van der Waals surface area contributed by atoms with E-state index in [0.717, 1.165) is 6.20 Å². The highest BCUT2D eigenvalue weighted by Gasteiger charge is 2.29. The maximum atomic E-state index is 12.2. The van der Waals surface area contributed by atoms with Crippen LogP contribution in [0.1, 0.15) is 13.3 Å². The number of nitrogens with one attached hydrogen (secondary N) is 1. The summed E-state index contributed by atoms with van der Waals surface area (Å²) >= 11 is 5.70. The molecule has 1 unspecified atom stereocenters. The highest BCUT2D eigenvalue weighted by Crippen LogP contribution is 2.19. The number of nitrogens with zero attached hydrogens (tertiary/aromatic N) is 2. The molecular formula is C10H13ClF3N3O2. The van der Waals surface area contributed by atoms with Gasteiger partial charge in [0.15, 0.2) is 0 Å². The summed E-state index contributed by atoms with van der Waals surface area (Å²) < 4.78 is 36.8. The SMILES string of the molecule is CCC(CO)Nc1cnn(CC(F)(F)F)c(=O)c1Cl. The van der Waals surface area contributed by atoms with Crippen LogP contribution in [0.5, 0.6) is 0 Å². The van der Waals surface area contributed by atoms with E-state index < -0.39 is 18.3 Å². The van der Waals surface area contributed by atoms with E-state index in [4.69, 9.17) is 16.7 Å². The summed E-state index contributed by atoms with van der Waals surface area (Å²) in [5.41, 5.74) is -0.928. The number of hydrogen-bond acceptors (Lipinski definition) is 4. The predicted molar refractivity (Wildman–Crippen MR) is 64.3 cm³/mol. The van der Waals surface area contributed by atoms with Crippen LogP contribution in [0.4, 0.5) is 18.9 Å². The van der Waals surface area contributed by atoms with E-state index in [1.807, 2.05) is 0 Å².